The summed E-state index contributed by atoms with van der Waals surface area (Å²) in [5.41, 5.74) is -2.96. The molecule has 4 saturated carbocycles. The van der Waals surface area contributed by atoms with Gasteiger partial charge in [-0.3, -0.25) is 4.79 Å². The molecule has 0 aliphatic heterocycles. The van der Waals surface area contributed by atoms with Crippen LogP contribution < -0.4 is 0 Å². The smallest absolute Gasteiger partial charge is 0.339 e. The van der Waals surface area contributed by atoms with Gasteiger partial charge in [0.2, 0.25) is 0 Å². The first kappa shape index (κ1) is 27.2. The van der Waals surface area contributed by atoms with Crippen LogP contribution in [0.2, 0.25) is 0 Å². The van der Waals surface area contributed by atoms with Gasteiger partial charge in [0.05, 0.1) is 12.2 Å². The molecule has 0 bridgehead atoms. The summed E-state index contributed by atoms with van der Waals surface area (Å²) >= 11 is 5.83. The molecule has 0 spiro atoms. The lowest BCUT2D eigenvalue weighted by atomic mass is 9.42. The maximum atomic E-state index is 12.6. The second-order valence-electron chi connectivity index (χ2n) is 12.7. The number of carbonyl (C=O) groups excluding carboxylic acids is 1. The van der Waals surface area contributed by atoms with E-state index in [-0.39, 0.29) is 65.6 Å². The van der Waals surface area contributed by atoms with Gasteiger partial charge in [-0.25, -0.2) is 4.79 Å². The first-order valence-corrected chi connectivity index (χ1v) is 13.8. The number of hydrogen-bond donors (Lipinski definition) is 4. The minimum atomic E-state index is -1.60. The second kappa shape index (κ2) is 9.45. The zero-order valence-corrected chi connectivity index (χ0v) is 22.2. The number of aliphatic hydroxyl groups excluding tert-OH is 2. The van der Waals surface area contributed by atoms with E-state index in [1.165, 1.54) is 0 Å². The van der Waals surface area contributed by atoms with Crippen LogP contribution >= 0.6 is 11.6 Å². The zero-order valence-electron chi connectivity index (χ0n) is 21.5. The van der Waals surface area contributed by atoms with Gasteiger partial charge >= 0.3 is 11.9 Å². The van der Waals surface area contributed by atoms with E-state index in [1.807, 2.05) is 0 Å². The summed E-state index contributed by atoms with van der Waals surface area (Å²) in [7, 11) is 0. The van der Waals surface area contributed by atoms with Crippen molar-refractivity contribution in [3.63, 3.8) is 0 Å². The summed E-state index contributed by atoms with van der Waals surface area (Å²) in [5, 5.41) is 43.4. The minimum absolute atomic E-state index is 0.0565. The number of halogens is 1. The number of carboxylic acids is 1. The van der Waals surface area contributed by atoms with Gasteiger partial charge in [0.25, 0.3) is 0 Å². The van der Waals surface area contributed by atoms with Crippen molar-refractivity contribution < 1.29 is 34.8 Å². The fourth-order valence-corrected chi connectivity index (χ4v) is 9.22. The third-order valence-electron chi connectivity index (χ3n) is 11.1. The lowest BCUT2D eigenvalue weighted by molar-refractivity contribution is -0.220. The first-order valence-electron chi connectivity index (χ1n) is 13.4. The number of ether oxygens (including phenoxy) is 1. The Hall–Kier alpha value is -0.890. The predicted molar refractivity (Wildman–Crippen MR) is 130 cm³/mol. The van der Waals surface area contributed by atoms with Crippen LogP contribution in [0.3, 0.4) is 0 Å². The molecule has 200 valence electrons. The van der Waals surface area contributed by atoms with Gasteiger partial charge in [-0.15, -0.1) is 0 Å². The van der Waals surface area contributed by atoms with Crippen molar-refractivity contribution in [2.24, 2.45) is 46.3 Å². The Balaban J connectivity index is 1.57. The molecule has 0 saturated heterocycles. The average Bonchev–Trinajstić information content (AvgIpc) is 3.12. The molecule has 0 heterocycles. The quantitative estimate of drug-likeness (QED) is 0.312. The van der Waals surface area contributed by atoms with Crippen molar-refractivity contribution >= 4 is 23.5 Å². The molecule has 4 aliphatic carbocycles. The highest BCUT2D eigenvalue weighted by Gasteiger charge is 2.67. The first-order chi connectivity index (χ1) is 16.2. The van der Waals surface area contributed by atoms with Crippen molar-refractivity contribution in [1.29, 1.82) is 0 Å². The van der Waals surface area contributed by atoms with Gasteiger partial charge in [-0.2, -0.15) is 0 Å². The average molecular weight is 515 g/mol. The van der Waals surface area contributed by atoms with E-state index in [0.29, 0.717) is 25.7 Å². The molecule has 0 aromatic rings. The third kappa shape index (κ3) is 4.42. The number of alkyl halides is 1. The van der Waals surface area contributed by atoms with Gasteiger partial charge in [0.15, 0.2) is 11.2 Å². The Morgan fingerprint density at radius 1 is 1.09 bits per heavy atom. The maximum Gasteiger partial charge on any atom is 0.339 e. The normalized spacial score (nSPS) is 48.7. The second-order valence-corrected chi connectivity index (χ2v) is 13.3. The van der Waals surface area contributed by atoms with E-state index < -0.39 is 35.3 Å². The van der Waals surface area contributed by atoms with Crippen molar-refractivity contribution in [1.82, 2.24) is 0 Å². The van der Waals surface area contributed by atoms with Gasteiger partial charge in [0, 0.05) is 6.42 Å². The molecule has 4 fully saturated rings. The Morgan fingerprint density at radius 3 is 2.40 bits per heavy atom. The summed E-state index contributed by atoms with van der Waals surface area (Å²) < 4.78 is 5.13. The summed E-state index contributed by atoms with van der Waals surface area (Å²) in [6.07, 6.45) is 3.77. The summed E-state index contributed by atoms with van der Waals surface area (Å²) in [6.45, 7) is 8.03. The molecule has 4 aliphatic rings. The number of carbonyl (C=O) groups is 2. The molecule has 8 heteroatoms. The minimum Gasteiger partial charge on any atom is -0.481 e. The molecular weight excluding hydrogens is 472 g/mol. The van der Waals surface area contributed by atoms with Crippen LogP contribution in [0.1, 0.15) is 85.5 Å². The van der Waals surface area contributed by atoms with Gasteiger partial charge in [0.1, 0.15) is 0 Å². The number of esters is 1. The third-order valence-corrected chi connectivity index (χ3v) is 11.2. The Morgan fingerprint density at radius 2 is 1.77 bits per heavy atom. The fraction of sp³-hybridized carbons (Fsp3) is 0.926. The van der Waals surface area contributed by atoms with E-state index in [1.54, 1.807) is 6.92 Å². The SMILES string of the molecule is CC(Cl)OC(=O)[C@@]1(O)CC[C@@]2(C)[C@H](C[C@@H](O)[C@@H]3[C@@H]2C[C@H](O)[C@]2(C)[C@@H]([C@H](C)CCC(=O)O)CC[C@@H]32)C1. The van der Waals surface area contributed by atoms with Crippen LogP contribution in [0, 0.1) is 46.3 Å². The van der Waals surface area contributed by atoms with Gasteiger partial charge in [-0.1, -0.05) is 32.4 Å². The van der Waals surface area contributed by atoms with Crippen molar-refractivity contribution in [2.45, 2.75) is 109 Å². The number of aliphatic carboxylic acids is 1. The molecule has 0 radical (unpaired) electrons. The molecule has 0 amide bonds. The topological polar surface area (TPSA) is 124 Å². The van der Waals surface area contributed by atoms with E-state index in [2.05, 4.69) is 20.8 Å². The molecule has 0 aromatic heterocycles. The van der Waals surface area contributed by atoms with Crippen LogP contribution in [0.5, 0.6) is 0 Å². The molecule has 1 unspecified atom stereocenters. The van der Waals surface area contributed by atoms with E-state index in [0.717, 1.165) is 12.8 Å². The van der Waals surface area contributed by atoms with E-state index >= 15 is 0 Å². The Labute approximate surface area is 213 Å². The lowest BCUT2D eigenvalue weighted by Crippen LogP contribution is -2.64. The van der Waals surface area contributed by atoms with Crippen LogP contribution in [-0.2, 0) is 14.3 Å². The molecular formula is C27H43ClO7. The monoisotopic (exact) mass is 514 g/mol. The van der Waals surface area contributed by atoms with E-state index in [4.69, 9.17) is 21.4 Å². The maximum absolute atomic E-state index is 12.6. The zero-order chi connectivity index (χ0) is 25.9. The molecule has 0 aromatic carbocycles. The lowest BCUT2D eigenvalue weighted by Gasteiger charge is -2.64. The van der Waals surface area contributed by atoms with Gasteiger partial charge in [-0.05, 0) is 105 Å². The molecule has 4 N–H and O–H groups in total. The van der Waals surface area contributed by atoms with Crippen molar-refractivity contribution in [3.05, 3.63) is 0 Å². The standard InChI is InChI=1S/C27H43ClO7/c1-14(5-8-22(31)32)17-6-7-18-23-19(12-21(30)26(17,18)4)25(3)9-10-27(34,24(33)35-15(2)28)13-16(25)11-20(23)29/h14-21,23,29-30,34H,5-13H2,1-4H3,(H,31,32)/t14-,15?,16-,17-,18+,19+,20-,21+,23+,25+,26-,27-/m1/s1. The van der Waals surface area contributed by atoms with E-state index in [9.17, 15) is 24.9 Å². The van der Waals surface area contributed by atoms with Crippen LogP contribution in [0.15, 0.2) is 0 Å². The largest absolute Gasteiger partial charge is 0.481 e. The van der Waals surface area contributed by atoms with Crippen LogP contribution in [0.25, 0.3) is 0 Å². The summed E-state index contributed by atoms with van der Waals surface area (Å²) in [4.78, 5) is 23.8. The molecule has 12 atom stereocenters. The predicted octanol–water partition coefficient (Wildman–Crippen LogP) is 3.95. The molecule has 7 nitrogen and oxygen atoms in total. The fourth-order valence-electron chi connectivity index (χ4n) is 9.14. The number of hydrogen-bond acceptors (Lipinski definition) is 6. The van der Waals surface area contributed by atoms with Crippen LogP contribution in [-0.4, -0.2) is 55.7 Å². The highest BCUT2D eigenvalue weighted by molar-refractivity contribution is 6.20. The number of aliphatic hydroxyl groups is 3. The summed E-state index contributed by atoms with van der Waals surface area (Å²) in [5.74, 6) is -0.788. The highest BCUT2D eigenvalue weighted by atomic mass is 35.5. The number of fused-ring (bicyclic) bond motifs is 5. The summed E-state index contributed by atoms with van der Waals surface area (Å²) in [6, 6.07) is 0. The van der Waals surface area contributed by atoms with Crippen LogP contribution in [0.4, 0.5) is 0 Å². The molecule has 4 rings (SSSR count). The number of carboxylic acid groups (broad SMARTS) is 1. The Kier molecular flexibility index (Phi) is 7.33. The Bertz CT molecular complexity index is 834. The number of rotatable bonds is 6. The van der Waals surface area contributed by atoms with Gasteiger partial charge < -0.3 is 25.2 Å². The molecule has 35 heavy (non-hydrogen) atoms. The van der Waals surface area contributed by atoms with Crippen molar-refractivity contribution in [2.75, 3.05) is 0 Å². The highest BCUT2D eigenvalue weighted by Crippen LogP contribution is 2.69. The van der Waals surface area contributed by atoms with Crippen molar-refractivity contribution in [3.8, 4) is 0 Å².